The van der Waals surface area contributed by atoms with Crippen LogP contribution in [0.2, 0.25) is 0 Å². The molecule has 0 bridgehead atoms. The smallest absolute Gasteiger partial charge is 0.254 e. The normalized spacial score (nSPS) is 31.7. The number of nitrogens with one attached hydrogen (secondary N) is 1. The number of anilines is 2. The van der Waals surface area contributed by atoms with Gasteiger partial charge < -0.3 is 14.5 Å². The van der Waals surface area contributed by atoms with Gasteiger partial charge in [0.05, 0.1) is 12.7 Å². The predicted octanol–water partition coefficient (Wildman–Crippen LogP) is 2.31. The van der Waals surface area contributed by atoms with Gasteiger partial charge in [0, 0.05) is 31.7 Å². The molecule has 0 amide bonds. The summed E-state index contributed by atoms with van der Waals surface area (Å²) in [6.45, 7) is 7.61. The Morgan fingerprint density at radius 2 is 2.04 bits per heavy atom. The monoisotopic (exact) mass is 380 g/mol. The van der Waals surface area contributed by atoms with Crippen LogP contribution in [0.15, 0.2) is 41.2 Å². The summed E-state index contributed by atoms with van der Waals surface area (Å²) in [4.78, 5) is 24.8. The van der Waals surface area contributed by atoms with Gasteiger partial charge in [-0.05, 0) is 36.7 Å². The first-order valence-corrected chi connectivity index (χ1v) is 10.4. The van der Waals surface area contributed by atoms with Gasteiger partial charge in [0.1, 0.15) is 5.82 Å². The van der Waals surface area contributed by atoms with Gasteiger partial charge in [-0.2, -0.15) is 4.98 Å². The molecule has 1 saturated carbocycles. The third kappa shape index (κ3) is 3.20. The summed E-state index contributed by atoms with van der Waals surface area (Å²) >= 11 is 0. The number of aromatic amines is 1. The molecule has 1 aliphatic carbocycles. The summed E-state index contributed by atoms with van der Waals surface area (Å²) in [6, 6.07) is 12.7. The Morgan fingerprint density at radius 1 is 1.21 bits per heavy atom. The molecule has 3 heterocycles. The molecule has 1 aromatic carbocycles. The number of piperidine rings is 1. The molecule has 3 fully saturated rings. The van der Waals surface area contributed by atoms with Gasteiger partial charge in [0.2, 0.25) is 5.95 Å². The quantitative estimate of drug-likeness (QED) is 0.882. The van der Waals surface area contributed by atoms with Crippen molar-refractivity contribution in [2.45, 2.75) is 32.4 Å². The molecule has 2 saturated heterocycles. The van der Waals surface area contributed by atoms with E-state index >= 15 is 0 Å². The number of H-pyrrole nitrogens is 1. The largest absolute Gasteiger partial charge is 0.375 e. The second-order valence-corrected chi connectivity index (χ2v) is 8.56. The number of hydrogen-bond donors (Lipinski definition) is 1. The average Bonchev–Trinajstić information content (AvgIpc) is 3.16. The third-order valence-electron chi connectivity index (χ3n) is 6.73. The number of fused-ring (bicyclic) bond motifs is 1. The van der Waals surface area contributed by atoms with E-state index in [1.807, 2.05) is 0 Å². The summed E-state index contributed by atoms with van der Waals surface area (Å²) < 4.78 is 5.64. The number of hydrogen-bond acceptors (Lipinski definition) is 5. The molecule has 2 aromatic rings. The molecule has 1 N–H and O–H groups in total. The van der Waals surface area contributed by atoms with Crippen molar-refractivity contribution in [3.63, 3.8) is 0 Å². The standard InChI is InChI=1S/C22H28N4O2/c1-14-12-25(8-9-28-14)19-11-20(27)24-22(23-19)26-13-17-15(2)21(17)18(26)10-16-6-4-3-5-7-16/h3-7,11,14-15,17-18,21H,8-10,12-13H2,1-2H3,(H,23,24,27)/t14-,15?,17?,18-,21?/m1/s1. The minimum atomic E-state index is -0.0776. The van der Waals surface area contributed by atoms with Crippen LogP contribution in [0.25, 0.3) is 0 Å². The number of rotatable bonds is 4. The van der Waals surface area contributed by atoms with E-state index in [0.717, 1.165) is 43.7 Å². The minimum absolute atomic E-state index is 0.0776. The van der Waals surface area contributed by atoms with Gasteiger partial charge in [0.25, 0.3) is 5.56 Å². The van der Waals surface area contributed by atoms with Crippen LogP contribution in [0.3, 0.4) is 0 Å². The molecule has 6 nitrogen and oxygen atoms in total. The fourth-order valence-corrected chi connectivity index (χ4v) is 5.18. The Balaban J connectivity index is 1.43. The Morgan fingerprint density at radius 3 is 2.82 bits per heavy atom. The highest BCUT2D eigenvalue weighted by Gasteiger charge is 2.59. The van der Waals surface area contributed by atoms with E-state index in [-0.39, 0.29) is 11.7 Å². The molecular weight excluding hydrogens is 352 g/mol. The van der Waals surface area contributed by atoms with Crippen molar-refractivity contribution in [3.8, 4) is 0 Å². The maximum absolute atomic E-state index is 12.4. The lowest BCUT2D eigenvalue weighted by molar-refractivity contribution is 0.0529. The van der Waals surface area contributed by atoms with Gasteiger partial charge in [-0.15, -0.1) is 0 Å². The van der Waals surface area contributed by atoms with E-state index in [1.54, 1.807) is 6.07 Å². The second-order valence-electron chi connectivity index (χ2n) is 8.56. The fourth-order valence-electron chi connectivity index (χ4n) is 5.18. The zero-order chi connectivity index (χ0) is 19.3. The topological polar surface area (TPSA) is 61.5 Å². The highest BCUT2D eigenvalue weighted by molar-refractivity contribution is 5.47. The van der Waals surface area contributed by atoms with Gasteiger partial charge in [-0.3, -0.25) is 9.78 Å². The lowest BCUT2D eigenvalue weighted by Gasteiger charge is -2.33. The molecule has 0 radical (unpaired) electrons. The number of benzene rings is 1. The van der Waals surface area contributed by atoms with Crippen molar-refractivity contribution >= 4 is 11.8 Å². The highest BCUT2D eigenvalue weighted by Crippen LogP contribution is 2.56. The number of morpholine rings is 1. The first kappa shape index (κ1) is 17.7. The van der Waals surface area contributed by atoms with Crippen LogP contribution in [0, 0.1) is 17.8 Å². The maximum atomic E-state index is 12.4. The average molecular weight is 380 g/mol. The van der Waals surface area contributed by atoms with Gasteiger partial charge in [-0.1, -0.05) is 37.3 Å². The van der Waals surface area contributed by atoms with Crippen LogP contribution in [0.5, 0.6) is 0 Å². The highest BCUT2D eigenvalue weighted by atomic mass is 16.5. The Hall–Kier alpha value is -2.34. The number of nitrogens with zero attached hydrogens (tertiary/aromatic N) is 3. The Labute approximate surface area is 165 Å². The van der Waals surface area contributed by atoms with Crippen molar-refractivity contribution in [1.29, 1.82) is 0 Å². The predicted molar refractivity (Wildman–Crippen MR) is 110 cm³/mol. The van der Waals surface area contributed by atoms with E-state index in [1.165, 1.54) is 5.56 Å². The molecule has 2 aliphatic heterocycles. The summed E-state index contributed by atoms with van der Waals surface area (Å²) in [5.74, 6) is 3.66. The van der Waals surface area contributed by atoms with Crippen LogP contribution >= 0.6 is 0 Å². The molecule has 28 heavy (non-hydrogen) atoms. The van der Waals surface area contributed by atoms with Crippen molar-refractivity contribution in [3.05, 3.63) is 52.3 Å². The maximum Gasteiger partial charge on any atom is 0.254 e. The summed E-state index contributed by atoms with van der Waals surface area (Å²) in [5.41, 5.74) is 1.27. The molecule has 6 heteroatoms. The minimum Gasteiger partial charge on any atom is -0.375 e. The van der Waals surface area contributed by atoms with Crippen molar-refractivity contribution in [2.24, 2.45) is 17.8 Å². The zero-order valence-electron chi connectivity index (χ0n) is 16.5. The first-order valence-electron chi connectivity index (χ1n) is 10.4. The fraction of sp³-hybridized carbons (Fsp3) is 0.545. The number of ether oxygens (including phenoxy) is 1. The molecule has 1 aromatic heterocycles. The Kier molecular flexibility index (Phi) is 4.38. The Bertz CT molecular complexity index is 899. The van der Waals surface area contributed by atoms with Crippen LogP contribution in [-0.2, 0) is 11.2 Å². The number of aromatic nitrogens is 2. The molecule has 3 unspecified atom stereocenters. The summed E-state index contributed by atoms with van der Waals surface area (Å²) in [6.07, 6.45) is 1.15. The van der Waals surface area contributed by atoms with Gasteiger partial charge in [0.15, 0.2) is 0 Å². The lowest BCUT2D eigenvalue weighted by atomic mass is 10.0. The molecule has 0 spiro atoms. The van der Waals surface area contributed by atoms with Gasteiger partial charge >= 0.3 is 0 Å². The molecular formula is C22H28N4O2. The summed E-state index contributed by atoms with van der Waals surface area (Å²) in [5, 5.41) is 0. The van der Waals surface area contributed by atoms with E-state index < -0.39 is 0 Å². The first-order chi connectivity index (χ1) is 13.6. The van der Waals surface area contributed by atoms with Crippen molar-refractivity contribution < 1.29 is 4.74 Å². The van der Waals surface area contributed by atoms with E-state index in [4.69, 9.17) is 9.72 Å². The second kappa shape index (κ2) is 6.92. The molecule has 5 atom stereocenters. The molecule has 5 rings (SSSR count). The van der Waals surface area contributed by atoms with Crippen LogP contribution in [0.1, 0.15) is 19.4 Å². The van der Waals surface area contributed by atoms with E-state index in [9.17, 15) is 4.79 Å². The van der Waals surface area contributed by atoms with E-state index in [2.05, 4.69) is 59.0 Å². The van der Waals surface area contributed by atoms with Crippen LogP contribution < -0.4 is 15.4 Å². The van der Waals surface area contributed by atoms with Crippen molar-refractivity contribution in [1.82, 2.24) is 9.97 Å². The van der Waals surface area contributed by atoms with E-state index in [0.29, 0.717) is 24.5 Å². The van der Waals surface area contributed by atoms with Crippen LogP contribution in [0.4, 0.5) is 11.8 Å². The van der Waals surface area contributed by atoms with Crippen LogP contribution in [-0.4, -0.2) is 48.4 Å². The summed E-state index contributed by atoms with van der Waals surface area (Å²) in [7, 11) is 0. The lowest BCUT2D eigenvalue weighted by Crippen LogP contribution is -2.43. The SMILES string of the molecule is CC1C2CN(c3nc(N4CCO[C@H](C)C4)cc(=O)[nH]3)[C@H](Cc3ccccc3)C12. The third-order valence-corrected chi connectivity index (χ3v) is 6.73. The van der Waals surface area contributed by atoms with Gasteiger partial charge in [-0.25, -0.2) is 0 Å². The van der Waals surface area contributed by atoms with Crippen molar-refractivity contribution in [2.75, 3.05) is 36.0 Å². The zero-order valence-corrected chi connectivity index (χ0v) is 16.5. The molecule has 148 valence electrons. The molecule has 3 aliphatic rings.